The van der Waals surface area contributed by atoms with Gasteiger partial charge in [-0.05, 0) is 64.9 Å². The second kappa shape index (κ2) is 7.72. The highest BCUT2D eigenvalue weighted by Gasteiger charge is 2.20. The second-order valence-corrected chi connectivity index (χ2v) is 7.83. The van der Waals surface area contributed by atoms with E-state index >= 15 is 0 Å². The van der Waals surface area contributed by atoms with Crippen molar-refractivity contribution in [3.8, 4) is 5.75 Å². The van der Waals surface area contributed by atoms with Gasteiger partial charge in [-0.25, -0.2) is 0 Å². The van der Waals surface area contributed by atoms with Crippen molar-refractivity contribution in [2.24, 2.45) is 0 Å². The maximum absolute atomic E-state index is 11.8. The molecule has 1 fully saturated rings. The van der Waals surface area contributed by atoms with Crippen LogP contribution in [0.1, 0.15) is 18.4 Å². The fourth-order valence-corrected chi connectivity index (χ4v) is 4.22. The Morgan fingerprint density at radius 2 is 1.72 bits per heavy atom. The molecule has 1 aliphatic rings. The van der Waals surface area contributed by atoms with Gasteiger partial charge < -0.3 is 9.72 Å². The van der Waals surface area contributed by atoms with Crippen LogP contribution in [-0.4, -0.2) is 29.1 Å². The fourth-order valence-electron chi connectivity index (χ4n) is 4.22. The van der Waals surface area contributed by atoms with Gasteiger partial charge in [-0.3, -0.25) is 9.69 Å². The number of aromatic nitrogens is 1. The third-order valence-corrected chi connectivity index (χ3v) is 5.80. The first-order valence-electron chi connectivity index (χ1n) is 10.2. The molecule has 2 heterocycles. The molecule has 0 radical (unpaired) electrons. The van der Waals surface area contributed by atoms with Crippen LogP contribution in [0, 0.1) is 0 Å². The predicted molar refractivity (Wildman–Crippen MR) is 117 cm³/mol. The van der Waals surface area contributed by atoms with E-state index in [4.69, 9.17) is 4.74 Å². The minimum absolute atomic E-state index is 0.0592. The molecule has 4 aromatic rings. The fraction of sp³-hybridized carbons (Fsp3) is 0.240. The molecule has 0 spiro atoms. The first kappa shape index (κ1) is 18.0. The molecule has 1 aliphatic heterocycles. The van der Waals surface area contributed by atoms with Gasteiger partial charge in [0.25, 0.3) is 5.56 Å². The Labute approximate surface area is 169 Å². The maximum atomic E-state index is 11.8. The molecule has 4 heteroatoms. The van der Waals surface area contributed by atoms with E-state index in [0.29, 0.717) is 5.39 Å². The van der Waals surface area contributed by atoms with Crippen LogP contribution in [0.15, 0.2) is 77.7 Å². The molecule has 0 saturated carbocycles. The van der Waals surface area contributed by atoms with Crippen molar-refractivity contribution in [1.29, 1.82) is 0 Å². The Morgan fingerprint density at radius 1 is 0.897 bits per heavy atom. The number of hydrogen-bond donors (Lipinski definition) is 1. The number of ether oxygens (including phenoxy) is 1. The van der Waals surface area contributed by atoms with Crippen LogP contribution in [0.5, 0.6) is 5.75 Å². The number of H-pyrrole nitrogens is 1. The normalized spacial score (nSPS) is 15.7. The van der Waals surface area contributed by atoms with Crippen LogP contribution in [0.2, 0.25) is 0 Å². The molecule has 0 atom stereocenters. The van der Waals surface area contributed by atoms with Gasteiger partial charge in [0, 0.05) is 31.2 Å². The number of rotatable bonds is 4. The van der Waals surface area contributed by atoms with E-state index in [1.165, 1.54) is 16.3 Å². The Morgan fingerprint density at radius 3 is 2.59 bits per heavy atom. The lowest BCUT2D eigenvalue weighted by Crippen LogP contribution is -2.37. The molecule has 0 bridgehead atoms. The number of hydrogen-bond acceptors (Lipinski definition) is 3. The van der Waals surface area contributed by atoms with Gasteiger partial charge in [0.15, 0.2) is 0 Å². The lowest BCUT2D eigenvalue weighted by atomic mass is 10.0. The van der Waals surface area contributed by atoms with E-state index in [9.17, 15) is 4.79 Å². The van der Waals surface area contributed by atoms with Crippen molar-refractivity contribution in [2.45, 2.75) is 25.5 Å². The van der Waals surface area contributed by atoms with Crippen molar-refractivity contribution < 1.29 is 4.74 Å². The zero-order valence-corrected chi connectivity index (χ0v) is 16.3. The second-order valence-electron chi connectivity index (χ2n) is 7.83. The monoisotopic (exact) mass is 384 g/mol. The van der Waals surface area contributed by atoms with Crippen LogP contribution in [0.25, 0.3) is 21.5 Å². The molecule has 0 unspecified atom stereocenters. The summed E-state index contributed by atoms with van der Waals surface area (Å²) >= 11 is 0. The molecular formula is C25H24N2O2. The van der Waals surface area contributed by atoms with Crippen molar-refractivity contribution in [3.63, 3.8) is 0 Å². The Hall–Kier alpha value is -3.11. The molecule has 146 valence electrons. The number of fused-ring (bicyclic) bond motifs is 2. The molecule has 0 aliphatic carbocycles. The summed E-state index contributed by atoms with van der Waals surface area (Å²) in [5.41, 5.74) is 1.30. The van der Waals surface area contributed by atoms with Gasteiger partial charge >= 0.3 is 0 Å². The number of nitrogens with zero attached hydrogens (tertiary/aromatic N) is 1. The molecular weight excluding hydrogens is 360 g/mol. The van der Waals surface area contributed by atoms with Crippen LogP contribution in [0.3, 0.4) is 0 Å². The standard InChI is InChI=1S/C25H24N2O2/c28-25-24-8-7-23(16-21(24)9-12-26-25)29-22-10-13-27(14-11-22)17-18-5-6-19-3-1-2-4-20(19)15-18/h1-9,12,15-16,22H,10-11,13-14,17H2,(H,26,28). The molecule has 29 heavy (non-hydrogen) atoms. The zero-order valence-electron chi connectivity index (χ0n) is 16.3. The van der Waals surface area contributed by atoms with Crippen molar-refractivity contribution in [2.75, 3.05) is 13.1 Å². The summed E-state index contributed by atoms with van der Waals surface area (Å²) in [5.74, 6) is 0.844. The number of benzene rings is 3. The number of likely N-dealkylation sites (tertiary alicyclic amines) is 1. The van der Waals surface area contributed by atoms with E-state index in [2.05, 4.69) is 52.3 Å². The van der Waals surface area contributed by atoms with Crippen LogP contribution in [-0.2, 0) is 6.54 Å². The molecule has 1 saturated heterocycles. The molecule has 3 aromatic carbocycles. The highest BCUT2D eigenvalue weighted by atomic mass is 16.5. The van der Waals surface area contributed by atoms with E-state index in [1.54, 1.807) is 6.20 Å². The summed E-state index contributed by atoms with van der Waals surface area (Å²) in [6.07, 6.45) is 3.93. The third-order valence-electron chi connectivity index (χ3n) is 5.80. The average molecular weight is 384 g/mol. The van der Waals surface area contributed by atoms with Gasteiger partial charge in [-0.2, -0.15) is 0 Å². The number of piperidine rings is 1. The summed E-state index contributed by atoms with van der Waals surface area (Å²) in [7, 11) is 0. The number of aromatic amines is 1. The topological polar surface area (TPSA) is 45.3 Å². The summed E-state index contributed by atoms with van der Waals surface area (Å²) < 4.78 is 6.22. The molecule has 5 rings (SSSR count). The van der Waals surface area contributed by atoms with Crippen LogP contribution >= 0.6 is 0 Å². The lowest BCUT2D eigenvalue weighted by molar-refractivity contribution is 0.0969. The minimum atomic E-state index is -0.0592. The highest BCUT2D eigenvalue weighted by Crippen LogP contribution is 2.24. The lowest BCUT2D eigenvalue weighted by Gasteiger charge is -2.32. The quantitative estimate of drug-likeness (QED) is 0.553. The Bertz CT molecular complexity index is 1210. The number of nitrogens with one attached hydrogen (secondary N) is 1. The van der Waals surface area contributed by atoms with Gasteiger partial charge in [-0.15, -0.1) is 0 Å². The van der Waals surface area contributed by atoms with Crippen LogP contribution in [0.4, 0.5) is 0 Å². The van der Waals surface area contributed by atoms with E-state index in [-0.39, 0.29) is 11.7 Å². The smallest absolute Gasteiger partial charge is 0.255 e. The first-order valence-corrected chi connectivity index (χ1v) is 10.2. The van der Waals surface area contributed by atoms with Crippen molar-refractivity contribution in [1.82, 2.24) is 9.88 Å². The molecule has 4 nitrogen and oxygen atoms in total. The van der Waals surface area contributed by atoms with Crippen molar-refractivity contribution in [3.05, 3.63) is 88.8 Å². The predicted octanol–water partition coefficient (Wildman–Crippen LogP) is 4.72. The van der Waals surface area contributed by atoms with Gasteiger partial charge in [-0.1, -0.05) is 36.4 Å². The maximum Gasteiger partial charge on any atom is 0.255 e. The highest BCUT2D eigenvalue weighted by molar-refractivity contribution is 5.83. The van der Waals surface area contributed by atoms with Crippen LogP contribution < -0.4 is 10.3 Å². The summed E-state index contributed by atoms with van der Waals surface area (Å²) in [6.45, 7) is 3.05. The van der Waals surface area contributed by atoms with Gasteiger partial charge in [0.1, 0.15) is 11.9 Å². The zero-order chi connectivity index (χ0) is 19.6. The van der Waals surface area contributed by atoms with Gasteiger partial charge in [0.05, 0.1) is 0 Å². The van der Waals surface area contributed by atoms with E-state index in [1.807, 2.05) is 24.3 Å². The molecule has 1 N–H and O–H groups in total. The largest absolute Gasteiger partial charge is 0.490 e. The average Bonchev–Trinajstić information content (AvgIpc) is 2.75. The number of pyridine rings is 1. The Kier molecular flexibility index (Phi) is 4.78. The van der Waals surface area contributed by atoms with E-state index in [0.717, 1.165) is 43.6 Å². The summed E-state index contributed by atoms with van der Waals surface area (Å²) in [5, 5.41) is 4.21. The summed E-state index contributed by atoms with van der Waals surface area (Å²) in [4.78, 5) is 17.0. The van der Waals surface area contributed by atoms with Crippen molar-refractivity contribution >= 4 is 21.5 Å². The Balaban J connectivity index is 1.20. The summed E-state index contributed by atoms with van der Waals surface area (Å²) in [6, 6.07) is 22.9. The molecule has 1 aromatic heterocycles. The first-order chi connectivity index (χ1) is 14.2. The third kappa shape index (κ3) is 3.89. The van der Waals surface area contributed by atoms with Gasteiger partial charge in [0.2, 0.25) is 0 Å². The SMILES string of the molecule is O=c1[nH]ccc2cc(OC3CCN(Cc4ccc5ccccc5c4)CC3)ccc12. The molecule has 0 amide bonds. The van der Waals surface area contributed by atoms with E-state index < -0.39 is 0 Å². The minimum Gasteiger partial charge on any atom is -0.490 e.